The molecule has 1 saturated carbocycles. The summed E-state index contributed by atoms with van der Waals surface area (Å²) in [6.07, 6.45) is 3.97. The van der Waals surface area contributed by atoms with E-state index in [1.807, 2.05) is 6.07 Å². The molecule has 2 N–H and O–H groups in total. The fourth-order valence-electron chi connectivity index (χ4n) is 2.64. The van der Waals surface area contributed by atoms with Gasteiger partial charge >= 0.3 is 5.97 Å². The third-order valence-corrected chi connectivity index (χ3v) is 5.34. The van der Waals surface area contributed by atoms with Gasteiger partial charge in [-0.2, -0.15) is 0 Å². The van der Waals surface area contributed by atoms with Crippen molar-refractivity contribution in [2.45, 2.75) is 32.2 Å². The number of hydrogen-bond acceptors (Lipinski definition) is 3. The van der Waals surface area contributed by atoms with Gasteiger partial charge in [-0.1, -0.05) is 12.8 Å². The van der Waals surface area contributed by atoms with Crippen molar-refractivity contribution in [3.8, 4) is 0 Å². The Morgan fingerprint density at radius 3 is 2.79 bits per heavy atom. The standard InChI is InChI=1S/C13H17Br2NO3/c14-11-5-9(19-12(11)15)7-16-6-8-3-1-2-4-10(8)13(17)18/h5,8,10,16H,1-4,6-7H2,(H,17,18). The molecule has 4 nitrogen and oxygen atoms in total. The van der Waals surface area contributed by atoms with Crippen molar-refractivity contribution in [1.82, 2.24) is 5.32 Å². The Labute approximate surface area is 129 Å². The second kappa shape index (κ2) is 6.90. The quantitative estimate of drug-likeness (QED) is 0.797. The minimum Gasteiger partial charge on any atom is -0.481 e. The molecule has 0 radical (unpaired) electrons. The Morgan fingerprint density at radius 2 is 2.16 bits per heavy atom. The van der Waals surface area contributed by atoms with E-state index in [9.17, 15) is 9.90 Å². The summed E-state index contributed by atoms with van der Waals surface area (Å²) in [7, 11) is 0. The van der Waals surface area contributed by atoms with Crippen LogP contribution >= 0.6 is 31.9 Å². The maximum Gasteiger partial charge on any atom is 0.306 e. The summed E-state index contributed by atoms with van der Waals surface area (Å²) >= 11 is 6.66. The zero-order chi connectivity index (χ0) is 13.8. The lowest BCUT2D eigenvalue weighted by Crippen LogP contribution is -2.34. The lowest BCUT2D eigenvalue weighted by atomic mass is 9.79. The molecule has 2 atom stereocenters. The van der Waals surface area contributed by atoms with Gasteiger partial charge in [0.15, 0.2) is 4.67 Å². The highest BCUT2D eigenvalue weighted by molar-refractivity contribution is 9.13. The van der Waals surface area contributed by atoms with Crippen molar-refractivity contribution in [2.75, 3.05) is 6.54 Å². The van der Waals surface area contributed by atoms with Crippen LogP contribution in [0.5, 0.6) is 0 Å². The predicted molar refractivity (Wildman–Crippen MR) is 78.9 cm³/mol. The highest BCUT2D eigenvalue weighted by Gasteiger charge is 2.30. The van der Waals surface area contributed by atoms with Crippen molar-refractivity contribution < 1.29 is 14.3 Å². The summed E-state index contributed by atoms with van der Waals surface area (Å²) < 4.78 is 7.05. The number of hydrogen-bond donors (Lipinski definition) is 2. The van der Waals surface area contributed by atoms with E-state index in [1.165, 1.54) is 0 Å². The number of aliphatic carboxylic acids is 1. The molecule has 19 heavy (non-hydrogen) atoms. The maximum absolute atomic E-state index is 11.2. The van der Waals surface area contributed by atoms with E-state index in [-0.39, 0.29) is 11.8 Å². The van der Waals surface area contributed by atoms with Gasteiger partial charge < -0.3 is 14.8 Å². The lowest BCUT2D eigenvalue weighted by Gasteiger charge is -2.28. The number of halogens is 2. The van der Waals surface area contributed by atoms with Crippen LogP contribution in [0, 0.1) is 11.8 Å². The maximum atomic E-state index is 11.2. The first kappa shape index (κ1) is 15.1. The molecule has 0 saturated heterocycles. The molecule has 0 bridgehead atoms. The van der Waals surface area contributed by atoms with E-state index >= 15 is 0 Å². The lowest BCUT2D eigenvalue weighted by molar-refractivity contribution is -0.144. The molecule has 0 aliphatic heterocycles. The fraction of sp³-hybridized carbons (Fsp3) is 0.615. The second-order valence-corrected chi connectivity index (χ2v) is 6.53. The molecule has 0 spiro atoms. The van der Waals surface area contributed by atoms with Crippen LogP contribution in [0.2, 0.25) is 0 Å². The second-order valence-electron chi connectivity index (χ2n) is 4.95. The van der Waals surface area contributed by atoms with Crippen molar-refractivity contribution in [3.63, 3.8) is 0 Å². The van der Waals surface area contributed by atoms with E-state index in [0.29, 0.717) is 11.2 Å². The zero-order valence-corrected chi connectivity index (χ0v) is 13.7. The minimum atomic E-state index is -0.657. The van der Waals surface area contributed by atoms with Crippen molar-refractivity contribution >= 4 is 37.8 Å². The van der Waals surface area contributed by atoms with Gasteiger partial charge in [-0.05, 0) is 63.2 Å². The number of furan rings is 1. The summed E-state index contributed by atoms with van der Waals surface area (Å²) in [6, 6.07) is 1.91. The van der Waals surface area contributed by atoms with Gasteiger partial charge in [0.1, 0.15) is 5.76 Å². The molecule has 1 aromatic heterocycles. The molecule has 2 unspecified atom stereocenters. The van der Waals surface area contributed by atoms with Crippen LogP contribution in [0.4, 0.5) is 0 Å². The number of carboxylic acids is 1. The highest BCUT2D eigenvalue weighted by atomic mass is 79.9. The van der Waals surface area contributed by atoms with Crippen LogP contribution in [0.3, 0.4) is 0 Å². The number of nitrogens with one attached hydrogen (secondary N) is 1. The minimum absolute atomic E-state index is 0.198. The Balaban J connectivity index is 1.82. The van der Waals surface area contributed by atoms with Gasteiger partial charge in [0, 0.05) is 0 Å². The highest BCUT2D eigenvalue weighted by Crippen LogP contribution is 2.30. The first-order chi connectivity index (χ1) is 9.08. The van der Waals surface area contributed by atoms with Crippen LogP contribution in [0.25, 0.3) is 0 Å². The fourth-order valence-corrected chi connectivity index (χ4v) is 3.30. The van der Waals surface area contributed by atoms with Gasteiger partial charge in [0.05, 0.1) is 16.9 Å². The Hall–Kier alpha value is -0.330. The smallest absolute Gasteiger partial charge is 0.306 e. The summed E-state index contributed by atoms with van der Waals surface area (Å²) in [4.78, 5) is 11.2. The Kier molecular flexibility index (Phi) is 5.47. The van der Waals surface area contributed by atoms with Gasteiger partial charge in [-0.25, -0.2) is 0 Å². The number of carbonyl (C=O) groups is 1. The van der Waals surface area contributed by atoms with Gasteiger partial charge in [0.25, 0.3) is 0 Å². The molecular formula is C13H17Br2NO3. The van der Waals surface area contributed by atoms with E-state index in [0.717, 1.165) is 42.5 Å². The molecule has 1 aromatic rings. The molecule has 6 heteroatoms. The van der Waals surface area contributed by atoms with Gasteiger partial charge in [-0.15, -0.1) is 0 Å². The van der Waals surface area contributed by atoms with Crippen LogP contribution in [-0.4, -0.2) is 17.6 Å². The van der Waals surface area contributed by atoms with E-state index < -0.39 is 5.97 Å². The van der Waals surface area contributed by atoms with E-state index in [4.69, 9.17) is 4.42 Å². The average molecular weight is 395 g/mol. The van der Waals surface area contributed by atoms with Gasteiger partial charge in [-0.3, -0.25) is 4.79 Å². The third kappa shape index (κ3) is 4.07. The molecule has 0 amide bonds. The largest absolute Gasteiger partial charge is 0.481 e. The molecule has 1 heterocycles. The monoisotopic (exact) mass is 393 g/mol. The molecule has 1 aliphatic carbocycles. The van der Waals surface area contributed by atoms with E-state index in [1.54, 1.807) is 0 Å². The molecule has 2 rings (SSSR count). The molecular weight excluding hydrogens is 378 g/mol. The van der Waals surface area contributed by atoms with Crippen molar-refractivity contribution in [2.24, 2.45) is 11.8 Å². The summed E-state index contributed by atoms with van der Waals surface area (Å²) in [6.45, 7) is 1.35. The summed E-state index contributed by atoms with van der Waals surface area (Å²) in [5.74, 6) is 0.209. The van der Waals surface area contributed by atoms with E-state index in [2.05, 4.69) is 37.2 Å². The molecule has 0 aromatic carbocycles. The van der Waals surface area contributed by atoms with Crippen LogP contribution in [0.15, 0.2) is 19.6 Å². The summed E-state index contributed by atoms with van der Waals surface area (Å²) in [5.41, 5.74) is 0. The Bertz CT molecular complexity index is 428. The van der Waals surface area contributed by atoms with Gasteiger partial charge in [0.2, 0.25) is 0 Å². The predicted octanol–water partition coefficient (Wildman–Crippen LogP) is 3.79. The first-order valence-electron chi connectivity index (χ1n) is 6.45. The third-order valence-electron chi connectivity index (χ3n) is 3.63. The summed E-state index contributed by atoms with van der Waals surface area (Å²) in [5, 5.41) is 12.5. The van der Waals surface area contributed by atoms with Crippen molar-refractivity contribution in [3.05, 3.63) is 21.0 Å². The van der Waals surface area contributed by atoms with Crippen molar-refractivity contribution in [1.29, 1.82) is 0 Å². The van der Waals surface area contributed by atoms with Crippen LogP contribution < -0.4 is 5.32 Å². The van der Waals surface area contributed by atoms with Crippen LogP contribution in [-0.2, 0) is 11.3 Å². The number of rotatable bonds is 5. The average Bonchev–Trinajstić information content (AvgIpc) is 2.69. The normalized spacial score (nSPS) is 23.5. The topological polar surface area (TPSA) is 62.5 Å². The van der Waals surface area contributed by atoms with Crippen LogP contribution in [0.1, 0.15) is 31.4 Å². The Morgan fingerprint density at radius 1 is 1.42 bits per heavy atom. The molecule has 106 valence electrons. The SMILES string of the molecule is O=C(O)C1CCCCC1CNCc1cc(Br)c(Br)o1. The molecule has 1 fully saturated rings. The zero-order valence-electron chi connectivity index (χ0n) is 10.5. The molecule has 1 aliphatic rings. The number of carboxylic acid groups (broad SMARTS) is 1. The first-order valence-corrected chi connectivity index (χ1v) is 8.03.